The molecule has 1 aliphatic heterocycles. The van der Waals surface area contributed by atoms with Gasteiger partial charge in [0, 0.05) is 38.1 Å². The first kappa shape index (κ1) is 20.8. The summed E-state index contributed by atoms with van der Waals surface area (Å²) in [6, 6.07) is 14.1. The molecule has 1 atom stereocenters. The van der Waals surface area contributed by atoms with Crippen LogP contribution in [-0.4, -0.2) is 48.9 Å². The summed E-state index contributed by atoms with van der Waals surface area (Å²) in [4.78, 5) is 8.91. The van der Waals surface area contributed by atoms with Crippen LogP contribution >= 0.6 is 11.5 Å². The van der Waals surface area contributed by atoms with Crippen molar-refractivity contribution in [1.82, 2.24) is 14.3 Å². The second-order valence-corrected chi connectivity index (χ2v) is 9.87. The molecular weight excluding hydrogens is 418 g/mol. The predicted octanol–water partition coefficient (Wildman–Crippen LogP) is 3.36. The fourth-order valence-corrected chi connectivity index (χ4v) is 5.35. The van der Waals surface area contributed by atoms with E-state index in [1.165, 1.54) is 17.1 Å². The quantitative estimate of drug-likeness (QED) is 0.603. The average molecular weight is 444 g/mol. The summed E-state index contributed by atoms with van der Waals surface area (Å²) in [7, 11) is -1.70. The number of hydrogen-bond acceptors (Lipinski definition) is 7. The van der Waals surface area contributed by atoms with E-state index in [1.54, 1.807) is 23.7 Å². The van der Waals surface area contributed by atoms with Crippen LogP contribution in [0.4, 0.5) is 11.5 Å². The Morgan fingerprint density at radius 1 is 1.27 bits per heavy atom. The van der Waals surface area contributed by atoms with E-state index in [-0.39, 0.29) is 5.03 Å². The van der Waals surface area contributed by atoms with Gasteiger partial charge < -0.3 is 4.90 Å². The van der Waals surface area contributed by atoms with Gasteiger partial charge in [0.25, 0.3) is 10.0 Å². The van der Waals surface area contributed by atoms with E-state index in [9.17, 15) is 8.42 Å². The van der Waals surface area contributed by atoms with Crippen molar-refractivity contribution in [2.45, 2.75) is 31.0 Å². The highest BCUT2D eigenvalue weighted by atomic mass is 32.2. The van der Waals surface area contributed by atoms with Crippen molar-refractivity contribution in [2.75, 3.05) is 29.8 Å². The lowest BCUT2D eigenvalue weighted by Crippen LogP contribution is -2.35. The molecule has 0 saturated carbocycles. The molecule has 1 aromatic carbocycles. The van der Waals surface area contributed by atoms with Gasteiger partial charge in [0.2, 0.25) is 0 Å². The van der Waals surface area contributed by atoms with Crippen molar-refractivity contribution in [3.63, 3.8) is 0 Å². The fourth-order valence-electron chi connectivity index (χ4n) is 3.80. The molecule has 0 amide bonds. The van der Waals surface area contributed by atoms with Gasteiger partial charge in [-0.2, -0.15) is 12.8 Å². The van der Waals surface area contributed by atoms with E-state index in [2.05, 4.69) is 55.2 Å². The van der Waals surface area contributed by atoms with E-state index in [4.69, 9.17) is 0 Å². The standard InChI is InChI=1S/C21H25N5O2S2/c1-16-12-21(30(27,28)24-20-9-11-29-23-20)22-13-19(16)25(2)18-8-10-26(15-18)14-17-6-4-3-5-7-17/h3-7,9,11-13,18H,8,10,14-15H2,1-2H3,(H,23,24). The number of hydrogen-bond donors (Lipinski definition) is 1. The second-order valence-electron chi connectivity index (χ2n) is 7.57. The first-order valence-corrected chi connectivity index (χ1v) is 12.1. The van der Waals surface area contributed by atoms with Gasteiger partial charge in [0.15, 0.2) is 10.8 Å². The van der Waals surface area contributed by atoms with Gasteiger partial charge in [-0.25, -0.2) is 4.98 Å². The molecule has 1 unspecified atom stereocenters. The van der Waals surface area contributed by atoms with Gasteiger partial charge in [-0.3, -0.25) is 9.62 Å². The normalized spacial score (nSPS) is 17.2. The topological polar surface area (TPSA) is 78.4 Å². The maximum absolute atomic E-state index is 12.6. The number of likely N-dealkylation sites (tertiary alicyclic amines) is 1. The highest BCUT2D eigenvalue weighted by molar-refractivity contribution is 7.92. The summed E-state index contributed by atoms with van der Waals surface area (Å²) >= 11 is 1.19. The fraction of sp³-hybridized carbons (Fsp3) is 0.333. The van der Waals surface area contributed by atoms with Crippen LogP contribution in [0.15, 0.2) is 59.1 Å². The summed E-state index contributed by atoms with van der Waals surface area (Å²) in [5.41, 5.74) is 3.16. The maximum Gasteiger partial charge on any atom is 0.280 e. The summed E-state index contributed by atoms with van der Waals surface area (Å²) < 4.78 is 31.6. The smallest absolute Gasteiger partial charge is 0.280 e. The lowest BCUT2D eigenvalue weighted by atomic mass is 10.1. The molecule has 1 N–H and O–H groups in total. The Balaban J connectivity index is 1.44. The van der Waals surface area contributed by atoms with E-state index in [1.807, 2.05) is 13.0 Å². The number of anilines is 2. The van der Waals surface area contributed by atoms with E-state index in [0.29, 0.717) is 11.9 Å². The molecule has 3 aromatic rings. The van der Waals surface area contributed by atoms with Crippen molar-refractivity contribution >= 4 is 33.1 Å². The summed E-state index contributed by atoms with van der Waals surface area (Å²) in [6.07, 6.45) is 2.72. The van der Waals surface area contributed by atoms with Crippen molar-refractivity contribution in [3.8, 4) is 0 Å². The van der Waals surface area contributed by atoms with Crippen molar-refractivity contribution < 1.29 is 8.42 Å². The van der Waals surface area contributed by atoms with Gasteiger partial charge >= 0.3 is 0 Å². The zero-order valence-electron chi connectivity index (χ0n) is 17.0. The predicted molar refractivity (Wildman–Crippen MR) is 120 cm³/mol. The monoisotopic (exact) mass is 443 g/mol. The molecule has 30 heavy (non-hydrogen) atoms. The minimum Gasteiger partial charge on any atom is -0.369 e. The van der Waals surface area contributed by atoms with Crippen LogP contribution in [0, 0.1) is 6.92 Å². The van der Waals surface area contributed by atoms with Crippen molar-refractivity contribution in [2.24, 2.45) is 0 Å². The number of benzene rings is 1. The Hall–Kier alpha value is -2.49. The van der Waals surface area contributed by atoms with E-state index < -0.39 is 10.0 Å². The number of aryl methyl sites for hydroxylation is 1. The number of sulfonamides is 1. The maximum atomic E-state index is 12.6. The average Bonchev–Trinajstić information content (AvgIpc) is 3.40. The number of aromatic nitrogens is 2. The van der Waals surface area contributed by atoms with E-state index in [0.717, 1.165) is 37.3 Å². The highest BCUT2D eigenvalue weighted by Gasteiger charge is 2.27. The van der Waals surface area contributed by atoms with Crippen LogP contribution < -0.4 is 9.62 Å². The Kier molecular flexibility index (Phi) is 6.03. The highest BCUT2D eigenvalue weighted by Crippen LogP contribution is 2.27. The summed E-state index contributed by atoms with van der Waals surface area (Å²) in [5, 5.41) is 1.72. The molecule has 2 aromatic heterocycles. The lowest BCUT2D eigenvalue weighted by molar-refractivity contribution is 0.326. The second kappa shape index (κ2) is 8.71. The van der Waals surface area contributed by atoms with Gasteiger partial charge in [-0.05, 0) is 48.1 Å². The summed E-state index contributed by atoms with van der Waals surface area (Å²) in [6.45, 7) is 4.88. The summed E-state index contributed by atoms with van der Waals surface area (Å²) in [5.74, 6) is 0.310. The Bertz CT molecular complexity index is 1090. The Morgan fingerprint density at radius 2 is 2.07 bits per heavy atom. The molecule has 0 bridgehead atoms. The first-order valence-electron chi connectivity index (χ1n) is 9.81. The number of likely N-dealkylation sites (N-methyl/N-ethyl adjacent to an activating group) is 1. The van der Waals surface area contributed by atoms with Crippen LogP contribution in [0.25, 0.3) is 0 Å². The number of pyridine rings is 1. The third kappa shape index (κ3) is 4.63. The number of nitrogens with one attached hydrogen (secondary N) is 1. The molecule has 1 aliphatic rings. The zero-order valence-corrected chi connectivity index (χ0v) is 18.7. The van der Waals surface area contributed by atoms with Crippen LogP contribution in [-0.2, 0) is 16.6 Å². The molecule has 3 heterocycles. The zero-order chi connectivity index (χ0) is 21.1. The molecule has 0 spiro atoms. The molecule has 0 radical (unpaired) electrons. The minimum absolute atomic E-state index is 0.00211. The Labute approximate surface area is 181 Å². The van der Waals surface area contributed by atoms with Crippen LogP contribution in [0.1, 0.15) is 17.5 Å². The molecule has 9 heteroatoms. The van der Waals surface area contributed by atoms with Gasteiger partial charge in [0.1, 0.15) is 0 Å². The van der Waals surface area contributed by atoms with E-state index >= 15 is 0 Å². The molecule has 0 aliphatic carbocycles. The van der Waals surface area contributed by atoms with Crippen LogP contribution in [0.3, 0.4) is 0 Å². The molecule has 1 fully saturated rings. The van der Waals surface area contributed by atoms with Gasteiger partial charge in [-0.15, -0.1) is 0 Å². The molecule has 7 nitrogen and oxygen atoms in total. The number of nitrogens with zero attached hydrogens (tertiary/aromatic N) is 4. The largest absolute Gasteiger partial charge is 0.369 e. The third-order valence-electron chi connectivity index (χ3n) is 5.43. The lowest BCUT2D eigenvalue weighted by Gasteiger charge is -2.28. The molecule has 1 saturated heterocycles. The van der Waals surface area contributed by atoms with Crippen molar-refractivity contribution in [1.29, 1.82) is 0 Å². The molecular formula is C21H25N5O2S2. The number of rotatable bonds is 7. The SMILES string of the molecule is Cc1cc(S(=O)(=O)Nc2ccsn2)ncc1N(C)C1CCN(Cc2ccccc2)C1. The molecule has 4 rings (SSSR count). The van der Waals surface area contributed by atoms with Crippen LogP contribution in [0.5, 0.6) is 0 Å². The van der Waals surface area contributed by atoms with Crippen LogP contribution in [0.2, 0.25) is 0 Å². The van der Waals surface area contributed by atoms with Gasteiger partial charge in [-0.1, -0.05) is 30.3 Å². The molecule has 158 valence electrons. The van der Waals surface area contributed by atoms with Crippen molar-refractivity contribution in [3.05, 3.63) is 65.2 Å². The Morgan fingerprint density at radius 3 is 2.77 bits per heavy atom. The van der Waals surface area contributed by atoms with Gasteiger partial charge in [0.05, 0.1) is 11.9 Å². The first-order chi connectivity index (χ1) is 14.4. The minimum atomic E-state index is -3.75. The third-order valence-corrected chi connectivity index (χ3v) is 7.25.